The van der Waals surface area contributed by atoms with Gasteiger partial charge in [0.2, 0.25) is 0 Å². The van der Waals surface area contributed by atoms with E-state index in [4.69, 9.17) is 0 Å². The van der Waals surface area contributed by atoms with Crippen LogP contribution in [0.4, 0.5) is 0 Å². The van der Waals surface area contributed by atoms with Crippen molar-refractivity contribution < 1.29 is 15.0 Å². The highest BCUT2D eigenvalue weighted by Gasteiger charge is 2.49. The lowest BCUT2D eigenvalue weighted by molar-refractivity contribution is 0.0685. The Hall–Kier alpha value is -3.57. The van der Waals surface area contributed by atoms with E-state index in [-0.39, 0.29) is 22.8 Å². The van der Waals surface area contributed by atoms with E-state index >= 15 is 0 Å². The number of carbonyl (C=O) groups is 1. The molecule has 38 heavy (non-hydrogen) atoms. The Bertz CT molecular complexity index is 1330. The lowest BCUT2D eigenvalue weighted by Gasteiger charge is -2.52. The molecule has 0 bridgehead atoms. The normalized spacial score (nSPS) is 23.1. The van der Waals surface area contributed by atoms with E-state index in [1.807, 2.05) is 18.2 Å². The molecular formula is C33H38N2O3. The maximum atomic E-state index is 13.2. The molecule has 198 valence electrons. The Labute approximate surface area is 225 Å². The lowest BCUT2D eigenvalue weighted by atomic mass is 9.58. The fourth-order valence-corrected chi connectivity index (χ4v) is 6.56. The monoisotopic (exact) mass is 510 g/mol. The first-order chi connectivity index (χ1) is 18.3. The van der Waals surface area contributed by atoms with Crippen LogP contribution in [0.25, 0.3) is 11.1 Å². The molecule has 1 fully saturated rings. The number of rotatable bonds is 6. The second kappa shape index (κ2) is 10.7. The summed E-state index contributed by atoms with van der Waals surface area (Å²) >= 11 is 0. The third kappa shape index (κ3) is 4.83. The van der Waals surface area contributed by atoms with Gasteiger partial charge in [-0.3, -0.25) is 4.79 Å². The number of piperidine rings is 1. The first kappa shape index (κ1) is 26.1. The van der Waals surface area contributed by atoms with Crippen molar-refractivity contribution >= 4 is 5.91 Å². The Morgan fingerprint density at radius 2 is 1.68 bits per heavy atom. The molecule has 3 N–H and O–H groups in total. The number of aryl methyl sites for hydroxylation is 1. The molecule has 0 saturated carbocycles. The zero-order valence-corrected chi connectivity index (χ0v) is 22.6. The maximum absolute atomic E-state index is 13.2. The molecular weight excluding hydrogens is 472 g/mol. The van der Waals surface area contributed by atoms with Gasteiger partial charge in [0.15, 0.2) is 0 Å². The van der Waals surface area contributed by atoms with Gasteiger partial charge in [0.25, 0.3) is 5.91 Å². The third-order valence-electron chi connectivity index (χ3n) is 8.85. The highest BCUT2D eigenvalue weighted by molar-refractivity contribution is 5.97. The van der Waals surface area contributed by atoms with Crippen LogP contribution in [0.2, 0.25) is 0 Å². The summed E-state index contributed by atoms with van der Waals surface area (Å²) < 4.78 is 0. The van der Waals surface area contributed by atoms with Crippen molar-refractivity contribution in [1.82, 2.24) is 10.2 Å². The zero-order chi connectivity index (χ0) is 26.9. The van der Waals surface area contributed by atoms with Crippen LogP contribution in [0.5, 0.6) is 11.5 Å². The molecule has 3 unspecified atom stereocenters. The van der Waals surface area contributed by atoms with Crippen molar-refractivity contribution in [3.05, 3.63) is 95.1 Å². The number of nitrogens with zero attached hydrogens (tertiary/aromatic N) is 1. The number of phenolic OH excluding ortho intramolecular Hbond substituents is 2. The number of fused-ring (bicyclic) bond motifs is 1. The van der Waals surface area contributed by atoms with E-state index in [1.165, 1.54) is 0 Å². The number of amides is 1. The molecule has 0 spiro atoms. The summed E-state index contributed by atoms with van der Waals surface area (Å²) in [4.78, 5) is 15.6. The standard InChI is InChI=1S/C33H38N2O3/c1-22-7-16-28(31(37)30(22)33-18-5-4-6-29(33)23(2)35(3)21-19-33)32(38)34-20-17-24-8-10-25(11-9-24)26-12-14-27(36)15-13-26/h4,6-16,23,29,36-37H,5,17-21H2,1-3H3,(H,34,38). The summed E-state index contributed by atoms with van der Waals surface area (Å²) in [5, 5.41) is 24.1. The summed E-state index contributed by atoms with van der Waals surface area (Å²) in [6, 6.07) is 19.5. The number of hydrogen-bond donors (Lipinski definition) is 3. The van der Waals surface area contributed by atoms with E-state index in [0.717, 1.165) is 53.6 Å². The average Bonchev–Trinajstić information content (AvgIpc) is 2.92. The molecule has 1 amide bonds. The summed E-state index contributed by atoms with van der Waals surface area (Å²) in [6.07, 6.45) is 8.27. The van der Waals surface area contributed by atoms with Crippen LogP contribution in [0.1, 0.15) is 53.2 Å². The van der Waals surface area contributed by atoms with E-state index in [9.17, 15) is 15.0 Å². The fraction of sp³-hybridized carbons (Fsp3) is 0.364. The highest BCUT2D eigenvalue weighted by Crippen LogP contribution is 2.52. The molecule has 5 rings (SSSR count). The number of likely N-dealkylation sites (tertiary alicyclic amines) is 1. The van der Waals surface area contributed by atoms with Crippen molar-refractivity contribution in [2.24, 2.45) is 5.92 Å². The molecule has 1 aliphatic heterocycles. The van der Waals surface area contributed by atoms with E-state index in [2.05, 4.69) is 67.5 Å². The second-order valence-electron chi connectivity index (χ2n) is 11.0. The van der Waals surface area contributed by atoms with Crippen molar-refractivity contribution in [3.8, 4) is 22.6 Å². The largest absolute Gasteiger partial charge is 0.508 e. The van der Waals surface area contributed by atoms with Gasteiger partial charge in [0.05, 0.1) is 5.56 Å². The van der Waals surface area contributed by atoms with E-state index in [0.29, 0.717) is 30.5 Å². The third-order valence-corrected chi connectivity index (χ3v) is 8.85. The molecule has 0 aromatic heterocycles. The van der Waals surface area contributed by atoms with Gasteiger partial charge >= 0.3 is 0 Å². The smallest absolute Gasteiger partial charge is 0.255 e. The predicted molar refractivity (Wildman–Crippen MR) is 153 cm³/mol. The molecule has 1 aliphatic carbocycles. The van der Waals surface area contributed by atoms with Gasteiger partial charge in [-0.1, -0.05) is 54.6 Å². The summed E-state index contributed by atoms with van der Waals surface area (Å²) in [7, 11) is 2.18. The average molecular weight is 511 g/mol. The number of hydrogen-bond acceptors (Lipinski definition) is 4. The minimum absolute atomic E-state index is 0.148. The molecule has 1 saturated heterocycles. The number of aromatic hydroxyl groups is 2. The Morgan fingerprint density at radius 1 is 1.00 bits per heavy atom. The minimum atomic E-state index is -0.232. The van der Waals surface area contributed by atoms with Gasteiger partial charge in [-0.2, -0.15) is 0 Å². The van der Waals surface area contributed by atoms with E-state index < -0.39 is 0 Å². The quantitative estimate of drug-likeness (QED) is 0.357. The van der Waals surface area contributed by atoms with Gasteiger partial charge in [-0.05, 0) is 93.6 Å². The number of nitrogens with one attached hydrogen (secondary N) is 1. The van der Waals surface area contributed by atoms with Gasteiger partial charge < -0.3 is 20.4 Å². The molecule has 3 aromatic rings. The summed E-state index contributed by atoms with van der Waals surface area (Å²) in [5.41, 5.74) is 5.48. The summed E-state index contributed by atoms with van der Waals surface area (Å²) in [5.74, 6) is 0.480. The van der Waals surface area contributed by atoms with E-state index in [1.54, 1.807) is 18.2 Å². The SMILES string of the molecule is Cc1ccc(C(=O)NCCc2ccc(-c3ccc(O)cc3)cc2)c(O)c1C12CCC=CC1C(C)N(C)CC2. The molecule has 3 atom stereocenters. The Balaban J connectivity index is 1.30. The number of benzene rings is 3. The van der Waals surface area contributed by atoms with Crippen molar-refractivity contribution in [2.45, 2.75) is 51.0 Å². The molecule has 0 radical (unpaired) electrons. The van der Waals surface area contributed by atoms with Gasteiger partial charge in [-0.15, -0.1) is 0 Å². The highest BCUT2D eigenvalue weighted by atomic mass is 16.3. The lowest BCUT2D eigenvalue weighted by Crippen LogP contribution is -2.54. The van der Waals surface area contributed by atoms with Crippen LogP contribution in [-0.2, 0) is 11.8 Å². The Kier molecular flexibility index (Phi) is 7.31. The first-order valence-corrected chi connectivity index (χ1v) is 13.7. The second-order valence-corrected chi connectivity index (χ2v) is 11.0. The fourth-order valence-electron chi connectivity index (χ4n) is 6.56. The Morgan fingerprint density at radius 3 is 2.39 bits per heavy atom. The van der Waals surface area contributed by atoms with Gasteiger partial charge in [-0.25, -0.2) is 0 Å². The predicted octanol–water partition coefficient (Wildman–Crippen LogP) is 5.97. The summed E-state index contributed by atoms with van der Waals surface area (Å²) in [6.45, 7) is 5.80. The van der Waals surface area contributed by atoms with Crippen molar-refractivity contribution in [3.63, 3.8) is 0 Å². The first-order valence-electron chi connectivity index (χ1n) is 13.7. The van der Waals surface area contributed by atoms with Crippen molar-refractivity contribution in [2.75, 3.05) is 20.1 Å². The molecule has 1 heterocycles. The van der Waals surface area contributed by atoms with Crippen LogP contribution in [0.3, 0.4) is 0 Å². The minimum Gasteiger partial charge on any atom is -0.508 e. The zero-order valence-electron chi connectivity index (χ0n) is 22.6. The molecule has 2 aliphatic rings. The molecule has 5 nitrogen and oxygen atoms in total. The number of phenols is 2. The number of carbonyl (C=O) groups excluding carboxylic acids is 1. The van der Waals surface area contributed by atoms with Crippen LogP contribution >= 0.6 is 0 Å². The van der Waals surface area contributed by atoms with Crippen LogP contribution in [0.15, 0.2) is 72.8 Å². The topological polar surface area (TPSA) is 72.8 Å². The van der Waals surface area contributed by atoms with Gasteiger partial charge in [0.1, 0.15) is 11.5 Å². The van der Waals surface area contributed by atoms with Crippen molar-refractivity contribution in [1.29, 1.82) is 0 Å². The van der Waals surface area contributed by atoms with Crippen LogP contribution in [0, 0.1) is 12.8 Å². The molecule has 3 aromatic carbocycles. The van der Waals surface area contributed by atoms with Crippen LogP contribution < -0.4 is 5.32 Å². The van der Waals surface area contributed by atoms with Gasteiger partial charge in [0, 0.05) is 29.5 Å². The maximum Gasteiger partial charge on any atom is 0.255 e. The number of allylic oxidation sites excluding steroid dienone is 1. The molecule has 5 heteroatoms. The van der Waals surface area contributed by atoms with Crippen LogP contribution in [-0.4, -0.2) is 47.2 Å².